The van der Waals surface area contributed by atoms with Crippen LogP contribution in [0.4, 0.5) is 16.2 Å². The third kappa shape index (κ3) is 2.88. The van der Waals surface area contributed by atoms with Crippen LogP contribution in [0.15, 0.2) is 23.4 Å². The van der Waals surface area contributed by atoms with E-state index < -0.39 is 5.82 Å². The van der Waals surface area contributed by atoms with E-state index >= 15 is 0 Å². The Labute approximate surface area is 132 Å². The topological polar surface area (TPSA) is 78.0 Å². The zero-order chi connectivity index (χ0) is 15.8. The molecule has 0 radical (unpaired) electrons. The Kier molecular flexibility index (Phi) is 3.44. The molecule has 7 nitrogen and oxygen atoms in total. The van der Waals surface area contributed by atoms with E-state index in [2.05, 4.69) is 19.9 Å². The van der Waals surface area contributed by atoms with Gasteiger partial charge in [0.2, 0.25) is 5.95 Å². The molecule has 3 heterocycles. The van der Waals surface area contributed by atoms with Crippen LogP contribution < -0.4 is 15.4 Å². The van der Waals surface area contributed by atoms with Crippen molar-refractivity contribution >= 4 is 11.8 Å². The monoisotopic (exact) mass is 316 g/mol. The molecule has 1 aliphatic heterocycles. The van der Waals surface area contributed by atoms with Crippen molar-refractivity contribution in [2.45, 2.75) is 18.8 Å². The van der Waals surface area contributed by atoms with Crippen LogP contribution in [0.3, 0.4) is 0 Å². The lowest BCUT2D eigenvalue weighted by molar-refractivity contribution is 0.579. The molecular formula is C15H17FN6O. The highest BCUT2D eigenvalue weighted by Crippen LogP contribution is 2.38. The van der Waals surface area contributed by atoms with E-state index in [4.69, 9.17) is 0 Å². The summed E-state index contributed by atoms with van der Waals surface area (Å²) in [7, 11) is 0. The molecule has 2 aliphatic rings. The van der Waals surface area contributed by atoms with Gasteiger partial charge in [-0.1, -0.05) is 0 Å². The van der Waals surface area contributed by atoms with Gasteiger partial charge in [0, 0.05) is 38.2 Å². The first kappa shape index (κ1) is 14.1. The first-order valence-electron chi connectivity index (χ1n) is 7.77. The molecule has 4 rings (SSSR count). The summed E-state index contributed by atoms with van der Waals surface area (Å²) in [5, 5.41) is 0. The Balaban J connectivity index is 1.49. The fraction of sp³-hybridized carbons (Fsp3) is 0.467. The number of aromatic nitrogens is 4. The van der Waals surface area contributed by atoms with Gasteiger partial charge < -0.3 is 9.80 Å². The van der Waals surface area contributed by atoms with Crippen LogP contribution in [-0.4, -0.2) is 46.1 Å². The quantitative estimate of drug-likeness (QED) is 0.906. The predicted molar refractivity (Wildman–Crippen MR) is 83.2 cm³/mol. The zero-order valence-electron chi connectivity index (χ0n) is 12.6. The van der Waals surface area contributed by atoms with Crippen molar-refractivity contribution in [3.63, 3.8) is 0 Å². The summed E-state index contributed by atoms with van der Waals surface area (Å²) in [6, 6.07) is 1.59. The average Bonchev–Trinajstić information content (AvgIpc) is 3.40. The minimum atomic E-state index is -0.414. The second kappa shape index (κ2) is 5.60. The molecule has 1 aliphatic carbocycles. The van der Waals surface area contributed by atoms with Crippen LogP contribution in [0.25, 0.3) is 0 Å². The molecule has 2 aromatic rings. The van der Waals surface area contributed by atoms with Crippen molar-refractivity contribution in [2.75, 3.05) is 36.0 Å². The van der Waals surface area contributed by atoms with Crippen molar-refractivity contribution in [2.24, 2.45) is 0 Å². The van der Waals surface area contributed by atoms with Gasteiger partial charge in [-0.25, -0.2) is 19.3 Å². The zero-order valence-corrected chi connectivity index (χ0v) is 12.6. The number of nitrogens with one attached hydrogen (secondary N) is 1. The largest absolute Gasteiger partial charge is 0.351 e. The Morgan fingerprint density at radius 3 is 2.61 bits per heavy atom. The molecular weight excluding hydrogens is 299 g/mol. The highest BCUT2D eigenvalue weighted by molar-refractivity contribution is 5.42. The molecule has 1 saturated carbocycles. The first-order chi connectivity index (χ1) is 11.2. The van der Waals surface area contributed by atoms with Gasteiger partial charge in [0.1, 0.15) is 6.33 Å². The van der Waals surface area contributed by atoms with Gasteiger partial charge >= 0.3 is 0 Å². The second-order valence-corrected chi connectivity index (χ2v) is 5.94. The SMILES string of the molecule is O=c1cc(C2CC2)nc(N2CCN(c3ncncc3F)CC2)[nH]1. The fourth-order valence-electron chi connectivity index (χ4n) is 2.87. The van der Waals surface area contributed by atoms with Gasteiger partial charge in [0.15, 0.2) is 11.6 Å². The standard InChI is InChI=1S/C15H17FN6O/c16-11-8-17-9-18-14(11)21-3-5-22(6-4-21)15-19-12(10-1-2-10)7-13(23)20-15/h7-10H,1-6H2,(H,19,20,23). The second-order valence-electron chi connectivity index (χ2n) is 5.94. The molecule has 1 saturated heterocycles. The van der Waals surface area contributed by atoms with E-state index in [1.807, 2.05) is 9.80 Å². The maximum Gasteiger partial charge on any atom is 0.252 e. The summed E-state index contributed by atoms with van der Waals surface area (Å²) in [4.78, 5) is 30.8. The molecule has 8 heteroatoms. The summed E-state index contributed by atoms with van der Waals surface area (Å²) in [5.41, 5.74) is 0.772. The van der Waals surface area contributed by atoms with Gasteiger partial charge in [0.05, 0.1) is 11.9 Å². The molecule has 2 aromatic heterocycles. The van der Waals surface area contributed by atoms with Gasteiger partial charge in [-0.3, -0.25) is 9.78 Å². The Hall–Kier alpha value is -2.51. The summed E-state index contributed by atoms with van der Waals surface area (Å²) in [5.74, 6) is 0.964. The minimum Gasteiger partial charge on any atom is -0.351 e. The molecule has 0 amide bonds. The number of hydrogen-bond acceptors (Lipinski definition) is 6. The first-order valence-corrected chi connectivity index (χ1v) is 7.77. The minimum absolute atomic E-state index is 0.110. The van der Waals surface area contributed by atoms with E-state index in [1.165, 1.54) is 12.5 Å². The van der Waals surface area contributed by atoms with E-state index in [1.54, 1.807) is 6.07 Å². The van der Waals surface area contributed by atoms with Crippen LogP contribution in [0, 0.1) is 5.82 Å². The Bertz CT molecular complexity index is 767. The van der Waals surface area contributed by atoms with Crippen LogP contribution in [0.2, 0.25) is 0 Å². The van der Waals surface area contributed by atoms with Crippen molar-refractivity contribution in [3.05, 3.63) is 40.5 Å². The van der Waals surface area contributed by atoms with E-state index in [-0.39, 0.29) is 5.56 Å². The number of halogens is 1. The van der Waals surface area contributed by atoms with E-state index in [0.29, 0.717) is 43.9 Å². The average molecular weight is 316 g/mol. The molecule has 0 bridgehead atoms. The smallest absolute Gasteiger partial charge is 0.252 e. The number of rotatable bonds is 3. The van der Waals surface area contributed by atoms with E-state index in [0.717, 1.165) is 18.5 Å². The number of hydrogen-bond donors (Lipinski definition) is 1. The number of anilines is 2. The molecule has 23 heavy (non-hydrogen) atoms. The van der Waals surface area contributed by atoms with Crippen molar-refractivity contribution in [1.29, 1.82) is 0 Å². The molecule has 2 fully saturated rings. The maximum atomic E-state index is 13.8. The highest BCUT2D eigenvalue weighted by atomic mass is 19.1. The third-order valence-corrected chi connectivity index (χ3v) is 4.27. The van der Waals surface area contributed by atoms with Crippen LogP contribution in [-0.2, 0) is 0 Å². The third-order valence-electron chi connectivity index (χ3n) is 4.27. The molecule has 0 spiro atoms. The van der Waals surface area contributed by atoms with Crippen LogP contribution in [0.5, 0.6) is 0 Å². The number of aromatic amines is 1. The lowest BCUT2D eigenvalue weighted by Gasteiger charge is -2.35. The highest BCUT2D eigenvalue weighted by Gasteiger charge is 2.27. The van der Waals surface area contributed by atoms with Crippen molar-refractivity contribution in [1.82, 2.24) is 19.9 Å². The van der Waals surface area contributed by atoms with Gasteiger partial charge in [-0.15, -0.1) is 0 Å². The lowest BCUT2D eigenvalue weighted by atomic mass is 10.3. The fourth-order valence-corrected chi connectivity index (χ4v) is 2.87. The van der Waals surface area contributed by atoms with Crippen LogP contribution in [0.1, 0.15) is 24.5 Å². The molecule has 120 valence electrons. The van der Waals surface area contributed by atoms with Gasteiger partial charge in [0.25, 0.3) is 5.56 Å². The number of piperazine rings is 1. The molecule has 0 aromatic carbocycles. The summed E-state index contributed by atoms with van der Waals surface area (Å²) in [6.45, 7) is 2.54. The number of nitrogens with zero attached hydrogens (tertiary/aromatic N) is 5. The predicted octanol–water partition coefficient (Wildman–Crippen LogP) is 0.903. The Morgan fingerprint density at radius 1 is 1.17 bits per heavy atom. The molecule has 0 unspecified atom stereocenters. The molecule has 1 N–H and O–H groups in total. The van der Waals surface area contributed by atoms with Gasteiger partial charge in [-0.05, 0) is 12.8 Å². The van der Waals surface area contributed by atoms with Crippen LogP contribution >= 0.6 is 0 Å². The van der Waals surface area contributed by atoms with Gasteiger partial charge in [-0.2, -0.15) is 0 Å². The summed E-state index contributed by atoms with van der Waals surface area (Å²) >= 11 is 0. The summed E-state index contributed by atoms with van der Waals surface area (Å²) < 4.78 is 13.8. The van der Waals surface area contributed by atoms with E-state index in [9.17, 15) is 9.18 Å². The maximum absolute atomic E-state index is 13.8. The molecule has 0 atom stereocenters. The normalized spacial score (nSPS) is 18.3. The van der Waals surface area contributed by atoms with Crippen molar-refractivity contribution < 1.29 is 4.39 Å². The summed E-state index contributed by atoms with van der Waals surface area (Å²) in [6.07, 6.45) is 4.74. The Morgan fingerprint density at radius 2 is 1.91 bits per heavy atom. The lowest BCUT2D eigenvalue weighted by Crippen LogP contribution is -2.48. The number of H-pyrrole nitrogens is 1. The van der Waals surface area contributed by atoms with Crippen molar-refractivity contribution in [3.8, 4) is 0 Å².